The molecule has 1 aliphatic heterocycles. The highest BCUT2D eigenvalue weighted by Gasteiger charge is 2.30. The number of ether oxygens (including phenoxy) is 1. The molecule has 28 heavy (non-hydrogen) atoms. The summed E-state index contributed by atoms with van der Waals surface area (Å²) in [6.45, 7) is 0.787. The van der Waals surface area contributed by atoms with Crippen LogP contribution in [0.3, 0.4) is 0 Å². The molecule has 1 atom stereocenters. The van der Waals surface area contributed by atoms with Crippen molar-refractivity contribution >= 4 is 0 Å². The van der Waals surface area contributed by atoms with Crippen molar-refractivity contribution < 1.29 is 4.74 Å². The number of pyridine rings is 1. The van der Waals surface area contributed by atoms with Gasteiger partial charge in [0, 0.05) is 12.3 Å². The van der Waals surface area contributed by atoms with Gasteiger partial charge >= 0.3 is 0 Å². The van der Waals surface area contributed by atoms with Gasteiger partial charge in [-0.05, 0) is 60.4 Å². The highest BCUT2D eigenvalue weighted by atomic mass is 16.5. The van der Waals surface area contributed by atoms with Crippen molar-refractivity contribution in [3.05, 3.63) is 47.3 Å². The lowest BCUT2D eigenvalue weighted by atomic mass is 9.85. The van der Waals surface area contributed by atoms with Crippen LogP contribution in [0.15, 0.2) is 30.3 Å². The normalized spacial score (nSPS) is 19.8. The Kier molecular flexibility index (Phi) is 4.87. The number of nitrogens with one attached hydrogen (secondary N) is 1. The first-order valence-electron chi connectivity index (χ1n) is 10.4. The van der Waals surface area contributed by atoms with Gasteiger partial charge in [-0.1, -0.05) is 43.2 Å². The molecule has 0 amide bonds. The Labute approximate surface area is 164 Å². The second-order valence-electron chi connectivity index (χ2n) is 7.69. The molecule has 5 rings (SSSR count). The van der Waals surface area contributed by atoms with Gasteiger partial charge in [0.15, 0.2) is 0 Å². The minimum Gasteiger partial charge on any atom is -0.372 e. The highest BCUT2D eigenvalue weighted by molar-refractivity contribution is 5.85. The van der Waals surface area contributed by atoms with E-state index in [-0.39, 0.29) is 6.10 Å². The highest BCUT2D eigenvalue weighted by Crippen LogP contribution is 2.43. The third-order valence-electron chi connectivity index (χ3n) is 5.87. The lowest BCUT2D eigenvalue weighted by molar-refractivity contribution is 0.109. The molecule has 0 bridgehead atoms. The molecule has 1 saturated heterocycles. The van der Waals surface area contributed by atoms with Crippen LogP contribution >= 0.6 is 0 Å². The number of fused-ring (bicyclic) bond motifs is 1. The minimum absolute atomic E-state index is 0.00621. The summed E-state index contributed by atoms with van der Waals surface area (Å²) in [5, 5.41) is 15.2. The molecule has 3 heterocycles. The summed E-state index contributed by atoms with van der Waals surface area (Å²) in [5.74, 6) is 0.613. The topological polar surface area (TPSA) is 76.6 Å². The van der Waals surface area contributed by atoms with Crippen LogP contribution in [0.4, 0.5) is 0 Å². The number of benzene rings is 1. The Morgan fingerprint density at radius 2 is 1.79 bits per heavy atom. The lowest BCUT2D eigenvalue weighted by Gasteiger charge is -2.24. The van der Waals surface area contributed by atoms with E-state index in [0.29, 0.717) is 5.82 Å². The van der Waals surface area contributed by atoms with E-state index in [1.165, 1.54) is 48.1 Å². The molecule has 0 spiro atoms. The van der Waals surface area contributed by atoms with Gasteiger partial charge in [-0.15, -0.1) is 10.2 Å². The molecule has 0 radical (unpaired) electrons. The summed E-state index contributed by atoms with van der Waals surface area (Å²) in [4.78, 5) is 5.19. The maximum atomic E-state index is 6.07. The summed E-state index contributed by atoms with van der Waals surface area (Å²) in [5.41, 5.74) is 6.98. The molecular weight excluding hydrogens is 350 g/mol. The molecule has 3 aromatic rings. The number of H-pyrrole nitrogens is 1. The van der Waals surface area contributed by atoms with E-state index in [9.17, 15) is 0 Å². The van der Waals surface area contributed by atoms with Crippen LogP contribution < -0.4 is 0 Å². The van der Waals surface area contributed by atoms with Gasteiger partial charge in [0.2, 0.25) is 5.82 Å². The van der Waals surface area contributed by atoms with Crippen LogP contribution in [0.5, 0.6) is 0 Å². The Morgan fingerprint density at radius 3 is 2.54 bits per heavy atom. The van der Waals surface area contributed by atoms with E-state index < -0.39 is 0 Å². The third kappa shape index (κ3) is 3.22. The van der Waals surface area contributed by atoms with Crippen molar-refractivity contribution in [3.8, 4) is 22.5 Å². The standard InChI is InChI=1S/C22H25N5O/c1-2-7-12-17-16(11-6-1)19(15-9-4-3-5-10-15)20(22-24-26-27-25-22)21(23-17)18-13-8-14-28-18/h3-5,9-10,18H,1-2,6-8,11-14H2,(H,24,25,26,27)/t18-/m0/s1. The lowest BCUT2D eigenvalue weighted by Crippen LogP contribution is -2.13. The fourth-order valence-electron chi connectivity index (χ4n) is 4.56. The van der Waals surface area contributed by atoms with Crippen molar-refractivity contribution in [1.82, 2.24) is 25.6 Å². The molecule has 144 valence electrons. The van der Waals surface area contributed by atoms with E-state index in [1.54, 1.807) is 0 Å². The molecular formula is C22H25N5O. The molecule has 0 saturated carbocycles. The van der Waals surface area contributed by atoms with E-state index in [4.69, 9.17) is 9.72 Å². The van der Waals surface area contributed by atoms with Crippen molar-refractivity contribution in [3.63, 3.8) is 0 Å². The number of hydrogen-bond donors (Lipinski definition) is 1. The zero-order valence-corrected chi connectivity index (χ0v) is 16.0. The molecule has 1 aromatic carbocycles. The van der Waals surface area contributed by atoms with Gasteiger partial charge < -0.3 is 4.74 Å². The molecule has 1 aliphatic carbocycles. The Bertz CT molecular complexity index is 933. The molecule has 0 unspecified atom stereocenters. The quantitative estimate of drug-likeness (QED) is 0.732. The number of hydrogen-bond acceptors (Lipinski definition) is 5. The average molecular weight is 375 g/mol. The zero-order valence-electron chi connectivity index (χ0n) is 16.0. The summed E-state index contributed by atoms with van der Waals surface area (Å²) in [6.07, 6.45) is 9.08. The van der Waals surface area contributed by atoms with Gasteiger partial charge in [0.1, 0.15) is 6.10 Å². The second-order valence-corrected chi connectivity index (χ2v) is 7.69. The maximum Gasteiger partial charge on any atom is 0.207 e. The average Bonchev–Trinajstić information content (AvgIpc) is 3.42. The number of aromatic nitrogens is 5. The predicted octanol–water partition coefficient (Wildman–Crippen LogP) is 4.44. The van der Waals surface area contributed by atoms with Crippen LogP contribution in [0.1, 0.15) is 61.6 Å². The van der Waals surface area contributed by atoms with Gasteiger partial charge in [-0.3, -0.25) is 4.98 Å². The molecule has 2 aromatic heterocycles. The Morgan fingerprint density at radius 1 is 0.929 bits per heavy atom. The number of nitrogens with zero attached hydrogens (tertiary/aromatic N) is 4. The summed E-state index contributed by atoms with van der Waals surface area (Å²) in [7, 11) is 0. The summed E-state index contributed by atoms with van der Waals surface area (Å²) >= 11 is 0. The largest absolute Gasteiger partial charge is 0.372 e. The first kappa shape index (κ1) is 17.5. The maximum absolute atomic E-state index is 6.07. The zero-order chi connectivity index (χ0) is 18.8. The van der Waals surface area contributed by atoms with E-state index in [0.717, 1.165) is 43.5 Å². The van der Waals surface area contributed by atoms with Crippen LogP contribution in [0, 0.1) is 0 Å². The third-order valence-corrected chi connectivity index (χ3v) is 5.87. The Hall–Kier alpha value is -2.60. The first-order chi connectivity index (χ1) is 13.9. The van der Waals surface area contributed by atoms with Crippen LogP contribution in [-0.2, 0) is 17.6 Å². The second kappa shape index (κ2) is 7.80. The van der Waals surface area contributed by atoms with Crippen molar-refractivity contribution in [2.75, 3.05) is 6.61 Å². The van der Waals surface area contributed by atoms with Crippen molar-refractivity contribution in [2.45, 2.75) is 57.5 Å². The number of aromatic amines is 1. The SMILES string of the molecule is c1ccc(-c2c3c(nc([C@@H]4CCCO4)c2-c2nn[nH]n2)CCCCCC3)cc1. The fourth-order valence-corrected chi connectivity index (χ4v) is 4.56. The van der Waals surface area contributed by atoms with Gasteiger partial charge in [-0.25, -0.2) is 0 Å². The Balaban J connectivity index is 1.81. The van der Waals surface area contributed by atoms with Crippen LogP contribution in [0.2, 0.25) is 0 Å². The number of rotatable bonds is 3. The minimum atomic E-state index is 0.00621. The number of tetrazole rings is 1. The smallest absolute Gasteiger partial charge is 0.207 e. The van der Waals surface area contributed by atoms with Crippen LogP contribution in [0.25, 0.3) is 22.5 Å². The molecule has 6 heteroatoms. The predicted molar refractivity (Wildman–Crippen MR) is 107 cm³/mol. The van der Waals surface area contributed by atoms with Crippen molar-refractivity contribution in [1.29, 1.82) is 0 Å². The van der Waals surface area contributed by atoms with Gasteiger partial charge in [0.25, 0.3) is 0 Å². The van der Waals surface area contributed by atoms with Crippen molar-refractivity contribution in [2.24, 2.45) is 0 Å². The molecule has 1 fully saturated rings. The van der Waals surface area contributed by atoms with Gasteiger partial charge in [0.05, 0.1) is 11.3 Å². The van der Waals surface area contributed by atoms with Crippen LogP contribution in [-0.4, -0.2) is 32.2 Å². The molecule has 2 aliphatic rings. The number of aryl methyl sites for hydroxylation is 1. The summed E-state index contributed by atoms with van der Waals surface area (Å²) < 4.78 is 6.07. The molecule has 1 N–H and O–H groups in total. The summed E-state index contributed by atoms with van der Waals surface area (Å²) in [6, 6.07) is 10.6. The van der Waals surface area contributed by atoms with E-state index in [1.807, 2.05) is 0 Å². The van der Waals surface area contributed by atoms with E-state index >= 15 is 0 Å². The first-order valence-corrected chi connectivity index (χ1v) is 10.4. The monoisotopic (exact) mass is 375 g/mol. The van der Waals surface area contributed by atoms with E-state index in [2.05, 4.69) is 51.0 Å². The van der Waals surface area contributed by atoms with Gasteiger partial charge in [-0.2, -0.15) is 5.21 Å². The fraction of sp³-hybridized carbons (Fsp3) is 0.455. The molecule has 6 nitrogen and oxygen atoms in total.